The minimum absolute atomic E-state index is 0.0229. The number of halogens is 1. The van der Waals surface area contributed by atoms with Gasteiger partial charge in [0.05, 0.1) is 18.5 Å². The first-order valence-corrected chi connectivity index (χ1v) is 11.6. The summed E-state index contributed by atoms with van der Waals surface area (Å²) in [6.45, 7) is -0.252. The molecule has 0 radical (unpaired) electrons. The van der Waals surface area contributed by atoms with Crippen LogP contribution in [0.3, 0.4) is 0 Å². The van der Waals surface area contributed by atoms with E-state index in [1.807, 2.05) is 0 Å². The summed E-state index contributed by atoms with van der Waals surface area (Å²) < 4.78 is 24.0. The molecule has 3 aromatic rings. The molecule has 0 aliphatic heterocycles. The van der Waals surface area contributed by atoms with E-state index in [2.05, 4.69) is 9.69 Å². The van der Waals surface area contributed by atoms with Crippen molar-refractivity contribution in [3.8, 4) is 0 Å². The third kappa shape index (κ3) is 4.79. The molecule has 1 fully saturated rings. The monoisotopic (exact) mass is 485 g/mol. The number of nitrogens with one attached hydrogen (secondary N) is 1. The van der Waals surface area contributed by atoms with Crippen LogP contribution in [0.2, 0.25) is 0 Å². The lowest BCUT2D eigenvalue weighted by molar-refractivity contribution is -0.127. The largest absolute Gasteiger partial charge is 0.467 e. The Morgan fingerprint density at radius 1 is 1.21 bits per heavy atom. The first kappa shape index (κ1) is 23.4. The molecule has 5 N–H and O–H groups in total. The number of primary amides is 1. The molecule has 0 spiro atoms. The SMILES string of the molecule is NC(=O)c1nsc(C(=O)N(Cc2ccccc2F)[C@H](C(=O)NC2CCCC2)c2ccco2)c1N. The first-order chi connectivity index (χ1) is 16.4. The number of nitrogens with zero attached hydrogens (tertiary/aromatic N) is 2. The number of anilines is 1. The van der Waals surface area contributed by atoms with E-state index in [1.54, 1.807) is 18.2 Å². The van der Waals surface area contributed by atoms with Crippen molar-refractivity contribution in [1.29, 1.82) is 0 Å². The van der Waals surface area contributed by atoms with Gasteiger partial charge in [0.25, 0.3) is 17.7 Å². The molecule has 0 unspecified atom stereocenters. The Balaban J connectivity index is 1.77. The summed E-state index contributed by atoms with van der Waals surface area (Å²) in [5.74, 6) is -2.36. The highest BCUT2D eigenvalue weighted by molar-refractivity contribution is 7.09. The number of furan rings is 1. The number of benzene rings is 1. The second-order valence-corrected chi connectivity index (χ2v) is 8.84. The standard InChI is InChI=1S/C23H24FN5O4S/c24-15-9-4-1-6-13(15)12-29(23(32)20-17(25)18(21(26)30)28-34-20)19(16-10-5-11-33-16)22(31)27-14-7-2-3-8-14/h1,4-6,9-11,14,19H,2-3,7-8,12,25H2,(H2,26,30)(H,27,31)/t19-/m0/s1. The summed E-state index contributed by atoms with van der Waals surface area (Å²) in [4.78, 5) is 39.9. The van der Waals surface area contributed by atoms with Gasteiger partial charge in [-0.15, -0.1) is 0 Å². The number of hydrogen-bond donors (Lipinski definition) is 3. The smallest absolute Gasteiger partial charge is 0.270 e. The Kier molecular flexibility index (Phi) is 6.92. The van der Waals surface area contributed by atoms with E-state index in [0.717, 1.165) is 25.7 Å². The Bertz CT molecular complexity index is 1190. The summed E-state index contributed by atoms with van der Waals surface area (Å²) in [6, 6.07) is 7.90. The molecule has 1 saturated carbocycles. The fourth-order valence-electron chi connectivity index (χ4n) is 4.07. The maximum atomic E-state index is 14.6. The van der Waals surface area contributed by atoms with Crippen LogP contribution in [0.15, 0.2) is 47.1 Å². The third-order valence-corrected chi connectivity index (χ3v) is 6.64. The van der Waals surface area contributed by atoms with Gasteiger partial charge in [0.2, 0.25) is 0 Å². The van der Waals surface area contributed by atoms with Gasteiger partial charge >= 0.3 is 0 Å². The number of nitrogens with two attached hydrogens (primary N) is 2. The molecule has 11 heteroatoms. The Morgan fingerprint density at radius 3 is 2.56 bits per heavy atom. The van der Waals surface area contributed by atoms with Gasteiger partial charge in [-0.2, -0.15) is 4.37 Å². The van der Waals surface area contributed by atoms with Crippen LogP contribution in [-0.4, -0.2) is 33.0 Å². The molecule has 34 heavy (non-hydrogen) atoms. The van der Waals surface area contributed by atoms with Crippen molar-refractivity contribution in [3.63, 3.8) is 0 Å². The van der Waals surface area contributed by atoms with E-state index in [1.165, 1.54) is 29.4 Å². The lowest BCUT2D eigenvalue weighted by Gasteiger charge is -2.30. The van der Waals surface area contributed by atoms with E-state index >= 15 is 0 Å². The molecule has 1 aromatic carbocycles. The highest BCUT2D eigenvalue weighted by atomic mass is 32.1. The van der Waals surface area contributed by atoms with E-state index in [4.69, 9.17) is 15.9 Å². The molecule has 1 aliphatic carbocycles. The molecule has 3 amide bonds. The van der Waals surface area contributed by atoms with Crippen molar-refractivity contribution < 1.29 is 23.2 Å². The Labute approximate surface area is 199 Å². The molecule has 2 aromatic heterocycles. The minimum Gasteiger partial charge on any atom is -0.467 e. The van der Waals surface area contributed by atoms with Gasteiger partial charge in [-0.25, -0.2) is 4.39 Å². The van der Waals surface area contributed by atoms with Gasteiger partial charge in [-0.1, -0.05) is 31.0 Å². The number of aromatic nitrogens is 1. The maximum Gasteiger partial charge on any atom is 0.270 e. The quantitative estimate of drug-likeness (QED) is 0.447. The number of carbonyl (C=O) groups excluding carboxylic acids is 3. The highest BCUT2D eigenvalue weighted by Crippen LogP contribution is 2.31. The summed E-state index contributed by atoms with van der Waals surface area (Å²) >= 11 is 0.692. The molecule has 0 bridgehead atoms. The zero-order valence-electron chi connectivity index (χ0n) is 18.2. The van der Waals surface area contributed by atoms with Gasteiger partial charge in [0.1, 0.15) is 16.5 Å². The first-order valence-electron chi connectivity index (χ1n) is 10.8. The zero-order chi connectivity index (χ0) is 24.2. The third-order valence-electron chi connectivity index (χ3n) is 5.79. The normalized spacial score (nSPS) is 14.6. The van der Waals surface area contributed by atoms with Crippen LogP contribution in [-0.2, 0) is 11.3 Å². The predicted molar refractivity (Wildman–Crippen MR) is 123 cm³/mol. The van der Waals surface area contributed by atoms with Crippen molar-refractivity contribution in [2.45, 2.75) is 44.3 Å². The molecule has 0 saturated heterocycles. The molecule has 2 heterocycles. The van der Waals surface area contributed by atoms with E-state index < -0.39 is 29.6 Å². The summed E-state index contributed by atoms with van der Waals surface area (Å²) in [7, 11) is 0. The molecule has 178 valence electrons. The Hall–Kier alpha value is -3.73. The summed E-state index contributed by atoms with van der Waals surface area (Å²) in [5, 5.41) is 2.99. The van der Waals surface area contributed by atoms with Gasteiger partial charge in [0, 0.05) is 11.6 Å². The zero-order valence-corrected chi connectivity index (χ0v) is 19.0. The molecule has 1 atom stereocenters. The van der Waals surface area contributed by atoms with Gasteiger partial charge in [0.15, 0.2) is 11.7 Å². The number of hydrogen-bond acceptors (Lipinski definition) is 7. The summed E-state index contributed by atoms with van der Waals surface area (Å²) in [6.07, 6.45) is 5.07. The van der Waals surface area contributed by atoms with E-state index in [0.29, 0.717) is 11.5 Å². The minimum atomic E-state index is -1.21. The van der Waals surface area contributed by atoms with E-state index in [-0.39, 0.29) is 40.2 Å². The second kappa shape index (κ2) is 10.0. The highest BCUT2D eigenvalue weighted by Gasteiger charge is 2.37. The van der Waals surface area contributed by atoms with Crippen LogP contribution in [0.1, 0.15) is 63.2 Å². The van der Waals surface area contributed by atoms with Crippen molar-refractivity contribution in [2.24, 2.45) is 5.73 Å². The van der Waals surface area contributed by atoms with Crippen LogP contribution in [0.25, 0.3) is 0 Å². The second-order valence-electron chi connectivity index (χ2n) is 8.07. The van der Waals surface area contributed by atoms with Crippen molar-refractivity contribution in [1.82, 2.24) is 14.6 Å². The predicted octanol–water partition coefficient (Wildman–Crippen LogP) is 3.00. The topological polar surface area (TPSA) is 145 Å². The van der Waals surface area contributed by atoms with Crippen LogP contribution in [0, 0.1) is 5.82 Å². The fraction of sp³-hybridized carbons (Fsp3) is 0.304. The van der Waals surface area contributed by atoms with Crippen molar-refractivity contribution in [2.75, 3.05) is 5.73 Å². The number of amides is 3. The van der Waals surface area contributed by atoms with Gasteiger partial charge < -0.3 is 26.1 Å². The maximum absolute atomic E-state index is 14.6. The average Bonchev–Trinajstić information content (AvgIpc) is 3.57. The Morgan fingerprint density at radius 2 is 1.94 bits per heavy atom. The number of rotatable bonds is 8. The van der Waals surface area contributed by atoms with Crippen molar-refractivity contribution >= 4 is 34.9 Å². The molecule has 4 rings (SSSR count). The lowest BCUT2D eigenvalue weighted by Crippen LogP contribution is -2.45. The van der Waals surface area contributed by atoms with Crippen LogP contribution >= 0.6 is 11.5 Å². The van der Waals surface area contributed by atoms with Crippen molar-refractivity contribution in [3.05, 3.63) is 70.4 Å². The molecule has 9 nitrogen and oxygen atoms in total. The van der Waals surface area contributed by atoms with E-state index in [9.17, 15) is 18.8 Å². The molecular weight excluding hydrogens is 461 g/mol. The van der Waals surface area contributed by atoms with Gasteiger partial charge in [-0.3, -0.25) is 14.4 Å². The average molecular weight is 486 g/mol. The number of carbonyl (C=O) groups is 3. The molecule has 1 aliphatic rings. The van der Waals surface area contributed by atoms with Gasteiger partial charge in [-0.05, 0) is 42.6 Å². The van der Waals surface area contributed by atoms with Crippen LogP contribution < -0.4 is 16.8 Å². The number of nitrogen functional groups attached to an aromatic ring is 1. The molecular formula is C23H24FN5O4S. The summed E-state index contributed by atoms with van der Waals surface area (Å²) in [5.41, 5.74) is 11.1. The fourth-order valence-corrected chi connectivity index (χ4v) is 4.83. The lowest BCUT2D eigenvalue weighted by atomic mass is 10.1. The van der Waals surface area contributed by atoms with Crippen LogP contribution in [0.4, 0.5) is 10.1 Å². The van der Waals surface area contributed by atoms with Crippen LogP contribution in [0.5, 0.6) is 0 Å².